The van der Waals surface area contributed by atoms with E-state index in [1.807, 2.05) is 11.3 Å². The second-order valence-corrected chi connectivity index (χ2v) is 14.2. The van der Waals surface area contributed by atoms with Crippen molar-refractivity contribution >= 4 is 75.1 Å². The summed E-state index contributed by atoms with van der Waals surface area (Å²) < 4.78 is 18.9. The van der Waals surface area contributed by atoms with Gasteiger partial charge in [-0.3, -0.25) is 0 Å². The van der Waals surface area contributed by atoms with Crippen LogP contribution in [0.1, 0.15) is 29.6 Å². The molecule has 0 N–H and O–H groups in total. The molecule has 0 bridgehead atoms. The molecule has 0 spiro atoms. The van der Waals surface area contributed by atoms with Crippen LogP contribution in [0, 0.1) is 0 Å². The fourth-order valence-electron chi connectivity index (χ4n) is 7.94. The van der Waals surface area contributed by atoms with Crippen LogP contribution < -0.4 is 0 Å². The van der Waals surface area contributed by atoms with Crippen LogP contribution >= 0.6 is 11.3 Å². The topological polar surface area (TPSA) is 28.3 Å². The molecule has 226 valence electrons. The van der Waals surface area contributed by atoms with E-state index in [1.54, 1.807) is 0 Å². The molecule has 2 fully saturated rings. The molecule has 9 aromatic rings. The number of ether oxygens (including phenoxy) is 2. The number of aromatic nitrogens is 2. The van der Waals surface area contributed by atoms with Crippen molar-refractivity contribution in [2.24, 2.45) is 0 Å². The SMILES string of the molecule is c1ccc2c(c1)c1ccc(C3COC3)cc1n2-c1ccc2sc3ccc(-n4c5ccccc5c5ccc(C6CCO6)cc54)cc3c2c1. The molecule has 3 aromatic heterocycles. The van der Waals surface area contributed by atoms with Gasteiger partial charge in [-0.05, 0) is 71.8 Å². The highest BCUT2D eigenvalue weighted by molar-refractivity contribution is 7.25. The van der Waals surface area contributed by atoms with Crippen LogP contribution in [-0.2, 0) is 9.47 Å². The Balaban J connectivity index is 1.13. The number of rotatable bonds is 4. The van der Waals surface area contributed by atoms with Gasteiger partial charge in [-0.25, -0.2) is 0 Å². The minimum absolute atomic E-state index is 0.201. The Labute approximate surface area is 275 Å². The molecule has 4 nitrogen and oxygen atoms in total. The van der Waals surface area contributed by atoms with E-state index in [0.29, 0.717) is 5.92 Å². The zero-order valence-corrected chi connectivity index (χ0v) is 26.5. The third-order valence-corrected chi connectivity index (χ3v) is 11.7. The quantitative estimate of drug-likeness (QED) is 0.194. The van der Waals surface area contributed by atoms with Crippen molar-refractivity contribution in [1.29, 1.82) is 0 Å². The highest BCUT2D eigenvalue weighted by atomic mass is 32.1. The zero-order valence-electron chi connectivity index (χ0n) is 25.6. The molecule has 0 radical (unpaired) electrons. The summed E-state index contributed by atoms with van der Waals surface area (Å²) in [4.78, 5) is 0. The Morgan fingerprint density at radius 2 is 1.04 bits per heavy atom. The molecule has 47 heavy (non-hydrogen) atoms. The van der Waals surface area contributed by atoms with E-state index in [0.717, 1.165) is 26.2 Å². The molecule has 2 aliphatic heterocycles. The smallest absolute Gasteiger partial charge is 0.0847 e. The summed E-state index contributed by atoms with van der Waals surface area (Å²) in [5, 5.41) is 7.72. The molecule has 2 aliphatic rings. The molecular weight excluding hydrogens is 597 g/mol. The van der Waals surface area contributed by atoms with Gasteiger partial charge in [-0.15, -0.1) is 11.3 Å². The van der Waals surface area contributed by atoms with Crippen molar-refractivity contribution in [1.82, 2.24) is 9.13 Å². The van der Waals surface area contributed by atoms with Gasteiger partial charge in [0.2, 0.25) is 0 Å². The van der Waals surface area contributed by atoms with Crippen LogP contribution in [0.15, 0.2) is 121 Å². The van der Waals surface area contributed by atoms with Gasteiger partial charge >= 0.3 is 0 Å². The Kier molecular flexibility index (Phi) is 5.45. The number of para-hydroxylation sites is 2. The molecular formula is C42H30N2O2S. The number of thiophene rings is 1. The first-order valence-corrected chi connectivity index (χ1v) is 17.3. The number of hydrogen-bond acceptors (Lipinski definition) is 3. The number of nitrogens with zero attached hydrogens (tertiary/aromatic N) is 2. The highest BCUT2D eigenvalue weighted by Crippen LogP contribution is 2.41. The predicted octanol–water partition coefficient (Wildman–Crippen LogP) is 10.8. The van der Waals surface area contributed by atoms with Crippen LogP contribution in [0.3, 0.4) is 0 Å². The van der Waals surface area contributed by atoms with E-state index in [4.69, 9.17) is 9.47 Å². The first-order chi connectivity index (χ1) is 23.3. The molecule has 1 atom stereocenters. The van der Waals surface area contributed by atoms with Gasteiger partial charge in [0.15, 0.2) is 0 Å². The lowest BCUT2D eigenvalue weighted by Crippen LogP contribution is -2.24. The third-order valence-electron chi connectivity index (χ3n) is 10.5. The summed E-state index contributed by atoms with van der Waals surface area (Å²) in [5.74, 6) is 0.478. The fraction of sp³-hybridized carbons (Fsp3) is 0.143. The minimum atomic E-state index is 0.201. The van der Waals surface area contributed by atoms with Gasteiger partial charge in [-0.2, -0.15) is 0 Å². The zero-order chi connectivity index (χ0) is 30.6. The molecule has 1 unspecified atom stereocenters. The van der Waals surface area contributed by atoms with E-state index in [-0.39, 0.29) is 6.10 Å². The maximum atomic E-state index is 5.89. The van der Waals surface area contributed by atoms with E-state index < -0.39 is 0 Å². The standard InChI is InChI=1S/C42H30N2O2S/c1-3-7-36-30(5-1)32-13-9-25(27-23-45-24-27)19-38(32)43(36)28-11-15-41-34(21-28)35-22-29(12-16-42(35)47-41)44-37-8-4-2-6-31(37)33-14-10-26(20-39(33)44)40-17-18-46-40/h1-16,19-22,27,40H,17-18,23-24H2. The Morgan fingerprint density at radius 1 is 0.511 bits per heavy atom. The number of hydrogen-bond donors (Lipinski definition) is 0. The van der Waals surface area contributed by atoms with Crippen molar-refractivity contribution < 1.29 is 9.47 Å². The van der Waals surface area contributed by atoms with E-state index in [1.165, 1.54) is 86.3 Å². The second kappa shape index (κ2) is 9.79. The molecule has 5 heteroatoms. The van der Waals surface area contributed by atoms with Crippen LogP contribution in [-0.4, -0.2) is 29.0 Å². The Bertz CT molecular complexity index is 2540. The number of benzene rings is 6. The van der Waals surface area contributed by atoms with Gasteiger partial charge in [0.1, 0.15) is 0 Å². The molecule has 0 aliphatic carbocycles. The van der Waals surface area contributed by atoms with Crippen molar-refractivity contribution in [2.45, 2.75) is 18.4 Å². The first-order valence-electron chi connectivity index (χ1n) is 16.5. The third kappa shape index (κ3) is 3.76. The average Bonchev–Trinajstić information content (AvgIpc) is 3.69. The van der Waals surface area contributed by atoms with E-state index in [2.05, 4.69) is 130 Å². The first kappa shape index (κ1) is 26.2. The molecule has 5 heterocycles. The molecule has 0 saturated carbocycles. The Hall–Kier alpha value is -4.94. The van der Waals surface area contributed by atoms with Crippen LogP contribution in [0.25, 0.3) is 75.2 Å². The predicted molar refractivity (Wildman–Crippen MR) is 195 cm³/mol. The van der Waals surface area contributed by atoms with Crippen molar-refractivity contribution in [3.05, 3.63) is 132 Å². The van der Waals surface area contributed by atoms with Crippen LogP contribution in [0.4, 0.5) is 0 Å². The Morgan fingerprint density at radius 3 is 1.57 bits per heavy atom. The summed E-state index contributed by atoms with van der Waals surface area (Å²) in [7, 11) is 0. The molecule has 2 saturated heterocycles. The fourth-order valence-corrected chi connectivity index (χ4v) is 9.01. The lowest BCUT2D eigenvalue weighted by molar-refractivity contribution is -0.0526. The highest BCUT2D eigenvalue weighted by Gasteiger charge is 2.24. The van der Waals surface area contributed by atoms with Gasteiger partial charge in [0, 0.05) is 65.4 Å². The largest absolute Gasteiger partial charge is 0.380 e. The molecule has 0 amide bonds. The molecule has 11 rings (SSSR count). The van der Waals surface area contributed by atoms with Crippen LogP contribution in [0.2, 0.25) is 0 Å². The summed E-state index contributed by atoms with van der Waals surface area (Å²) in [6, 6.07) is 45.4. The maximum absolute atomic E-state index is 5.89. The minimum Gasteiger partial charge on any atom is -0.380 e. The lowest BCUT2D eigenvalue weighted by atomic mass is 9.96. The van der Waals surface area contributed by atoms with Gasteiger partial charge in [0.05, 0.1) is 48.0 Å². The van der Waals surface area contributed by atoms with Crippen molar-refractivity contribution in [3.8, 4) is 11.4 Å². The van der Waals surface area contributed by atoms with Gasteiger partial charge < -0.3 is 18.6 Å². The average molecular weight is 627 g/mol. The summed E-state index contributed by atoms with van der Waals surface area (Å²) >= 11 is 1.87. The lowest BCUT2D eigenvalue weighted by Gasteiger charge is -2.26. The van der Waals surface area contributed by atoms with Gasteiger partial charge in [-0.1, -0.05) is 60.7 Å². The molecule has 6 aromatic carbocycles. The van der Waals surface area contributed by atoms with E-state index >= 15 is 0 Å². The maximum Gasteiger partial charge on any atom is 0.0847 e. The normalized spacial score (nSPS) is 17.0. The van der Waals surface area contributed by atoms with Crippen molar-refractivity contribution in [3.63, 3.8) is 0 Å². The summed E-state index contributed by atoms with van der Waals surface area (Å²) in [6.07, 6.45) is 1.29. The van der Waals surface area contributed by atoms with Crippen molar-refractivity contribution in [2.75, 3.05) is 19.8 Å². The van der Waals surface area contributed by atoms with Gasteiger partial charge in [0.25, 0.3) is 0 Å². The monoisotopic (exact) mass is 626 g/mol. The number of fused-ring (bicyclic) bond motifs is 9. The summed E-state index contributed by atoms with van der Waals surface area (Å²) in [6.45, 7) is 2.46. The summed E-state index contributed by atoms with van der Waals surface area (Å²) in [5.41, 5.74) is 9.95. The second-order valence-electron chi connectivity index (χ2n) is 13.1. The van der Waals surface area contributed by atoms with E-state index in [9.17, 15) is 0 Å². The van der Waals surface area contributed by atoms with Crippen LogP contribution in [0.5, 0.6) is 0 Å².